The van der Waals surface area contributed by atoms with Crippen molar-refractivity contribution in [2.45, 2.75) is 129 Å². The fraction of sp³-hybridized carbons (Fsp3) is 0.469. The summed E-state index contributed by atoms with van der Waals surface area (Å²) in [5.74, 6) is 2.96. The normalized spacial score (nSPS) is 22.2. The van der Waals surface area contributed by atoms with Gasteiger partial charge in [-0.2, -0.15) is 14.9 Å². The minimum atomic E-state index is -0.685. The number of fused-ring (bicyclic) bond motifs is 2. The standard InChI is InChI=1S/C25H29ClN2O4.C24H27ClN2O3/c1-15-27-23(26)20-14-21(25(2,3)31-24(20)28-15)19-11-9-18(10-12-19)17-7-5-16(6-8-17)13-22(29)32-30-4;1-14-26-22(25)19-13-20(24(2,3)30-23(19)27-14)18-10-8-17(9-11-18)16-6-4-15(5-7-16)12-21(28)29/h9-12,14,16-17H,5-8,13H2,1-4H3;8-11,13,15-16H,4-7,12H2,1-3H3,(H,28,29). The van der Waals surface area contributed by atoms with E-state index in [1.165, 1.54) is 18.2 Å². The number of rotatable bonds is 9. The summed E-state index contributed by atoms with van der Waals surface area (Å²) < 4.78 is 12.4. The van der Waals surface area contributed by atoms with Crippen LogP contribution >= 0.6 is 23.2 Å². The van der Waals surface area contributed by atoms with Crippen LogP contribution in [0, 0.1) is 25.7 Å². The van der Waals surface area contributed by atoms with Crippen molar-refractivity contribution in [1.82, 2.24) is 19.9 Å². The smallest absolute Gasteiger partial charge is 0.342 e. The monoisotopic (exact) mass is 882 g/mol. The van der Waals surface area contributed by atoms with Crippen LogP contribution in [0.15, 0.2) is 48.5 Å². The van der Waals surface area contributed by atoms with Crippen molar-refractivity contribution in [3.63, 3.8) is 0 Å². The molecule has 2 aliphatic heterocycles. The van der Waals surface area contributed by atoms with E-state index in [4.69, 9.17) is 37.8 Å². The third-order valence-corrected chi connectivity index (χ3v) is 13.3. The summed E-state index contributed by atoms with van der Waals surface area (Å²) in [5.41, 5.74) is 7.30. The van der Waals surface area contributed by atoms with E-state index in [2.05, 4.69) is 78.2 Å². The van der Waals surface area contributed by atoms with Gasteiger partial charge >= 0.3 is 11.9 Å². The van der Waals surface area contributed by atoms with Crippen LogP contribution in [0.4, 0.5) is 0 Å². The first-order valence-electron chi connectivity index (χ1n) is 21.6. The molecule has 328 valence electrons. The molecule has 2 saturated carbocycles. The second-order valence-electron chi connectivity index (χ2n) is 18.0. The predicted molar refractivity (Wildman–Crippen MR) is 241 cm³/mol. The molecule has 1 N–H and O–H groups in total. The van der Waals surface area contributed by atoms with Crippen molar-refractivity contribution in [3.8, 4) is 11.8 Å². The zero-order valence-corrected chi connectivity index (χ0v) is 38.1. The largest absolute Gasteiger partial charge is 0.481 e. The molecule has 2 aromatic carbocycles. The van der Waals surface area contributed by atoms with Crippen molar-refractivity contribution in [2.75, 3.05) is 7.11 Å². The highest BCUT2D eigenvalue weighted by molar-refractivity contribution is 6.31. The van der Waals surface area contributed by atoms with Gasteiger partial charge in [0.15, 0.2) is 0 Å². The van der Waals surface area contributed by atoms with E-state index in [-0.39, 0.29) is 5.97 Å². The van der Waals surface area contributed by atoms with Gasteiger partial charge in [-0.15, -0.1) is 0 Å². The number of carbonyl (C=O) groups is 2. The molecule has 8 rings (SSSR count). The second kappa shape index (κ2) is 18.9. The number of carboxylic acid groups (broad SMARTS) is 1. The summed E-state index contributed by atoms with van der Waals surface area (Å²) in [6.07, 6.45) is 13.0. The molecule has 0 spiro atoms. The summed E-state index contributed by atoms with van der Waals surface area (Å²) in [6.45, 7) is 11.7. The minimum Gasteiger partial charge on any atom is -0.481 e. The Kier molecular flexibility index (Phi) is 13.8. The van der Waals surface area contributed by atoms with E-state index in [0.29, 0.717) is 70.2 Å². The van der Waals surface area contributed by atoms with Crippen LogP contribution in [0.3, 0.4) is 0 Å². The third kappa shape index (κ3) is 10.5. The number of nitrogens with zero attached hydrogens (tertiary/aromatic N) is 4. The molecule has 13 heteroatoms. The fourth-order valence-corrected chi connectivity index (χ4v) is 9.93. The first-order valence-corrected chi connectivity index (χ1v) is 22.3. The van der Waals surface area contributed by atoms with Gasteiger partial charge in [0.25, 0.3) is 0 Å². The highest BCUT2D eigenvalue weighted by Gasteiger charge is 2.36. The molecule has 2 fully saturated rings. The van der Waals surface area contributed by atoms with Crippen molar-refractivity contribution in [2.24, 2.45) is 11.8 Å². The molecule has 0 bridgehead atoms. The number of halogens is 2. The molecular weight excluding hydrogens is 827 g/mol. The van der Waals surface area contributed by atoms with Crippen LogP contribution in [0.25, 0.3) is 23.3 Å². The zero-order valence-electron chi connectivity index (χ0n) is 36.6. The third-order valence-electron chi connectivity index (χ3n) is 12.7. The van der Waals surface area contributed by atoms with Gasteiger partial charge in [0.2, 0.25) is 11.8 Å². The highest BCUT2D eigenvalue weighted by atomic mass is 35.5. The van der Waals surface area contributed by atoms with E-state index in [0.717, 1.165) is 84.8 Å². The number of hydrogen-bond donors (Lipinski definition) is 1. The van der Waals surface area contributed by atoms with Crippen molar-refractivity contribution >= 4 is 58.4 Å². The molecule has 0 amide bonds. The number of benzene rings is 2. The topological polar surface area (TPSA) is 143 Å². The average Bonchev–Trinajstić information content (AvgIpc) is 3.20. The Labute approximate surface area is 374 Å². The number of aromatic nitrogens is 4. The molecule has 4 aliphatic rings. The number of ether oxygens (including phenoxy) is 2. The van der Waals surface area contributed by atoms with E-state index >= 15 is 0 Å². The Morgan fingerprint density at radius 2 is 1.03 bits per heavy atom. The predicted octanol–water partition coefficient (Wildman–Crippen LogP) is 11.8. The molecule has 62 heavy (non-hydrogen) atoms. The number of aryl methyl sites for hydroxylation is 2. The van der Waals surface area contributed by atoms with Crippen molar-refractivity contribution in [1.29, 1.82) is 0 Å². The highest BCUT2D eigenvalue weighted by Crippen LogP contribution is 2.45. The Balaban J connectivity index is 0.000000187. The molecule has 2 aliphatic carbocycles. The lowest BCUT2D eigenvalue weighted by molar-refractivity contribution is -0.256. The molecule has 0 unspecified atom stereocenters. The van der Waals surface area contributed by atoms with Crippen LogP contribution < -0.4 is 9.47 Å². The Hall–Kier alpha value is -4.84. The van der Waals surface area contributed by atoms with E-state index in [1.54, 1.807) is 13.8 Å². The van der Waals surface area contributed by atoms with Gasteiger partial charge in [-0.3, -0.25) is 9.68 Å². The molecule has 0 radical (unpaired) electrons. The maximum Gasteiger partial charge on any atom is 0.342 e. The van der Waals surface area contributed by atoms with Gasteiger partial charge in [-0.05, 0) is 151 Å². The lowest BCUT2D eigenvalue weighted by atomic mass is 9.77. The van der Waals surface area contributed by atoms with Gasteiger partial charge < -0.3 is 14.6 Å². The van der Waals surface area contributed by atoms with Crippen LogP contribution in [0.5, 0.6) is 11.8 Å². The van der Waals surface area contributed by atoms with E-state index in [9.17, 15) is 9.59 Å². The number of hydrogen-bond acceptors (Lipinski definition) is 10. The van der Waals surface area contributed by atoms with Crippen molar-refractivity contribution < 1.29 is 33.9 Å². The molecule has 11 nitrogen and oxygen atoms in total. The lowest BCUT2D eigenvalue weighted by Gasteiger charge is -2.34. The number of carboxylic acids is 1. The molecule has 4 heterocycles. The number of carbonyl (C=O) groups excluding carboxylic acids is 1. The summed E-state index contributed by atoms with van der Waals surface area (Å²) in [5, 5.41) is 9.81. The lowest BCUT2D eigenvalue weighted by Crippen LogP contribution is -2.33. The maximum atomic E-state index is 11.6. The number of aliphatic carboxylic acids is 1. The van der Waals surface area contributed by atoms with Crippen molar-refractivity contribution in [3.05, 3.63) is 104 Å². The summed E-state index contributed by atoms with van der Waals surface area (Å²) >= 11 is 12.7. The first-order chi connectivity index (χ1) is 29.5. The Morgan fingerprint density at radius 3 is 1.40 bits per heavy atom. The Bertz CT molecular complexity index is 2350. The van der Waals surface area contributed by atoms with Gasteiger partial charge in [-0.25, -0.2) is 14.8 Å². The summed E-state index contributed by atoms with van der Waals surface area (Å²) in [6, 6.07) is 17.4. The first kappa shape index (κ1) is 45.2. The summed E-state index contributed by atoms with van der Waals surface area (Å²) in [7, 11) is 1.36. The van der Waals surface area contributed by atoms with Gasteiger partial charge in [0.1, 0.15) is 33.2 Å². The SMILES string of the molecule is COOC(=O)CC1CCC(c2ccc(C3=Cc4c(Cl)nc(C)nc4OC3(C)C)cc2)CC1.Cc1nc(Cl)c2c(n1)OC(C)(C)C(c1ccc(C3CCC(CC(=O)O)CC3)cc1)=C2. The van der Waals surface area contributed by atoms with E-state index < -0.39 is 17.2 Å². The maximum absolute atomic E-state index is 11.6. The quantitative estimate of drug-likeness (QED) is 0.0974. The van der Waals surface area contributed by atoms with Gasteiger partial charge in [0.05, 0.1) is 24.7 Å². The molecule has 0 atom stereocenters. The van der Waals surface area contributed by atoms with Gasteiger partial charge in [0, 0.05) is 17.6 Å². The van der Waals surface area contributed by atoms with Crippen LogP contribution in [0.2, 0.25) is 10.3 Å². The average molecular weight is 884 g/mol. The van der Waals surface area contributed by atoms with Gasteiger partial charge in [-0.1, -0.05) is 71.7 Å². The van der Waals surface area contributed by atoms with E-state index in [1.807, 2.05) is 39.8 Å². The minimum absolute atomic E-state index is 0.284. The van der Waals surface area contributed by atoms with Crippen LogP contribution in [0.1, 0.15) is 149 Å². The molecule has 4 aromatic rings. The molecule has 2 aromatic heterocycles. The second-order valence-corrected chi connectivity index (χ2v) is 18.7. The molecule has 0 saturated heterocycles. The zero-order chi connectivity index (χ0) is 44.3. The van der Waals surface area contributed by atoms with Crippen LogP contribution in [-0.2, 0) is 19.4 Å². The van der Waals surface area contributed by atoms with Crippen LogP contribution in [-0.4, -0.2) is 55.3 Å². The fourth-order valence-electron chi connectivity index (χ4n) is 9.41. The molecular formula is C49H56Cl2N4O7. The Morgan fingerprint density at radius 1 is 0.645 bits per heavy atom. The summed E-state index contributed by atoms with van der Waals surface area (Å²) in [4.78, 5) is 49.0.